The van der Waals surface area contributed by atoms with Crippen LogP contribution >= 0.6 is 0 Å². The number of sulfone groups is 1. The predicted octanol–water partition coefficient (Wildman–Crippen LogP) is 1.98. The third-order valence-electron chi connectivity index (χ3n) is 2.51. The van der Waals surface area contributed by atoms with Crippen LogP contribution in [0.5, 0.6) is 0 Å². The normalized spacial score (nSPS) is 13.7. The van der Waals surface area contributed by atoms with Gasteiger partial charge in [0.05, 0.1) is 11.0 Å². The third-order valence-corrected chi connectivity index (χ3v) is 4.80. The Labute approximate surface area is 91.2 Å². The number of benzene rings is 1. The summed E-state index contributed by atoms with van der Waals surface area (Å²) in [6.45, 7) is 3.61. The highest BCUT2D eigenvalue weighted by atomic mass is 32.2. The number of hydrogen-bond acceptors (Lipinski definition) is 3. The average Bonchev–Trinajstić information content (AvgIpc) is 2.15. The van der Waals surface area contributed by atoms with Gasteiger partial charge in [-0.25, -0.2) is 8.42 Å². The zero-order chi connectivity index (χ0) is 11.5. The molecule has 3 nitrogen and oxygen atoms in total. The highest BCUT2D eigenvalue weighted by Gasteiger charge is 2.19. The van der Waals surface area contributed by atoms with Crippen LogP contribution in [0.25, 0.3) is 0 Å². The van der Waals surface area contributed by atoms with Crippen molar-refractivity contribution in [3.05, 3.63) is 29.8 Å². The first-order valence-corrected chi connectivity index (χ1v) is 6.73. The molecule has 0 bridgehead atoms. The number of nitrogen functional groups attached to an aromatic ring is 1. The van der Waals surface area contributed by atoms with Gasteiger partial charge in [0.1, 0.15) is 0 Å². The molecule has 0 saturated heterocycles. The molecule has 0 amide bonds. The third kappa shape index (κ3) is 3.23. The van der Waals surface area contributed by atoms with Crippen molar-refractivity contribution < 1.29 is 8.42 Å². The lowest BCUT2D eigenvalue weighted by Gasteiger charge is -2.10. The second-order valence-electron chi connectivity index (χ2n) is 3.77. The van der Waals surface area contributed by atoms with E-state index >= 15 is 0 Å². The van der Waals surface area contributed by atoms with Crippen LogP contribution in [0, 0.1) is 0 Å². The summed E-state index contributed by atoms with van der Waals surface area (Å²) in [5.74, 6) is 0.0764. The zero-order valence-corrected chi connectivity index (χ0v) is 9.92. The van der Waals surface area contributed by atoms with E-state index < -0.39 is 9.84 Å². The molecular weight excluding hydrogens is 210 g/mol. The van der Waals surface area contributed by atoms with E-state index in [0.717, 1.165) is 5.56 Å². The van der Waals surface area contributed by atoms with E-state index in [1.165, 1.54) is 0 Å². The summed E-state index contributed by atoms with van der Waals surface area (Å²) in [4.78, 5) is 0. The van der Waals surface area contributed by atoms with Gasteiger partial charge in [-0.3, -0.25) is 0 Å². The highest BCUT2D eigenvalue weighted by molar-refractivity contribution is 7.91. The smallest absolute Gasteiger partial charge is 0.157 e. The van der Waals surface area contributed by atoms with Crippen molar-refractivity contribution in [1.82, 2.24) is 0 Å². The van der Waals surface area contributed by atoms with Gasteiger partial charge in [-0.05, 0) is 31.0 Å². The van der Waals surface area contributed by atoms with Gasteiger partial charge >= 0.3 is 0 Å². The largest absolute Gasteiger partial charge is 0.399 e. The van der Waals surface area contributed by atoms with Gasteiger partial charge < -0.3 is 5.73 Å². The zero-order valence-electron chi connectivity index (χ0n) is 9.10. The maximum Gasteiger partial charge on any atom is 0.157 e. The van der Waals surface area contributed by atoms with Gasteiger partial charge in [-0.1, -0.05) is 19.1 Å². The van der Waals surface area contributed by atoms with E-state index in [1.807, 2.05) is 6.92 Å². The highest BCUT2D eigenvalue weighted by Crippen LogP contribution is 2.15. The molecule has 0 radical (unpaired) electrons. The van der Waals surface area contributed by atoms with E-state index in [9.17, 15) is 8.42 Å². The van der Waals surface area contributed by atoms with Crippen LogP contribution in [-0.4, -0.2) is 13.7 Å². The monoisotopic (exact) mass is 227 g/mol. The van der Waals surface area contributed by atoms with Crippen molar-refractivity contribution in [1.29, 1.82) is 0 Å². The topological polar surface area (TPSA) is 60.2 Å². The Bertz CT molecular complexity index is 426. The molecule has 0 spiro atoms. The summed E-state index contributed by atoms with van der Waals surface area (Å²) in [7, 11) is -3.04. The maximum absolute atomic E-state index is 11.8. The lowest BCUT2D eigenvalue weighted by molar-refractivity contribution is 0.580. The fourth-order valence-corrected chi connectivity index (χ4v) is 2.75. The standard InChI is InChI=1S/C11H17NO2S/c1-3-9(2)15(13,14)8-10-5-4-6-11(12)7-10/h4-7,9H,3,8,12H2,1-2H3. The molecule has 1 aromatic carbocycles. The number of rotatable bonds is 4. The van der Waals surface area contributed by atoms with Gasteiger partial charge in [-0.2, -0.15) is 0 Å². The van der Waals surface area contributed by atoms with Gasteiger partial charge in [0, 0.05) is 5.69 Å². The van der Waals surface area contributed by atoms with Crippen molar-refractivity contribution in [2.45, 2.75) is 31.3 Å². The second-order valence-corrected chi connectivity index (χ2v) is 6.19. The summed E-state index contributed by atoms with van der Waals surface area (Å²) in [5.41, 5.74) is 6.95. The van der Waals surface area contributed by atoms with Crippen LogP contribution in [0.4, 0.5) is 5.69 Å². The maximum atomic E-state index is 11.8. The number of hydrogen-bond donors (Lipinski definition) is 1. The molecule has 1 aromatic rings. The molecule has 15 heavy (non-hydrogen) atoms. The van der Waals surface area contributed by atoms with Crippen molar-refractivity contribution in [2.75, 3.05) is 5.73 Å². The SMILES string of the molecule is CCC(C)S(=O)(=O)Cc1cccc(N)c1. The molecule has 4 heteroatoms. The van der Waals surface area contributed by atoms with Gasteiger partial charge in [0.2, 0.25) is 0 Å². The van der Waals surface area contributed by atoms with E-state index in [-0.39, 0.29) is 11.0 Å². The van der Waals surface area contributed by atoms with Crippen LogP contribution in [-0.2, 0) is 15.6 Å². The van der Waals surface area contributed by atoms with Crippen LogP contribution < -0.4 is 5.73 Å². The van der Waals surface area contributed by atoms with E-state index in [4.69, 9.17) is 5.73 Å². The Morgan fingerprint density at radius 1 is 1.40 bits per heavy atom. The summed E-state index contributed by atoms with van der Waals surface area (Å²) in [6.07, 6.45) is 0.644. The molecule has 2 N–H and O–H groups in total. The second kappa shape index (κ2) is 4.66. The summed E-state index contributed by atoms with van der Waals surface area (Å²) < 4.78 is 23.6. The summed E-state index contributed by atoms with van der Waals surface area (Å²) in [6, 6.07) is 7.02. The Morgan fingerprint density at radius 2 is 2.07 bits per heavy atom. The average molecular weight is 227 g/mol. The minimum atomic E-state index is -3.04. The van der Waals surface area contributed by atoms with Crippen LogP contribution in [0.15, 0.2) is 24.3 Å². The molecule has 0 aliphatic heterocycles. The molecule has 0 heterocycles. The van der Waals surface area contributed by atoms with Crippen LogP contribution in [0.3, 0.4) is 0 Å². The number of anilines is 1. The van der Waals surface area contributed by atoms with Crippen molar-refractivity contribution in [2.24, 2.45) is 0 Å². The van der Waals surface area contributed by atoms with Crippen molar-refractivity contribution in [3.8, 4) is 0 Å². The molecule has 0 saturated carbocycles. The van der Waals surface area contributed by atoms with Crippen LogP contribution in [0.1, 0.15) is 25.8 Å². The molecule has 1 unspecified atom stereocenters. The summed E-state index contributed by atoms with van der Waals surface area (Å²) >= 11 is 0. The number of nitrogens with two attached hydrogens (primary N) is 1. The first-order valence-electron chi connectivity index (χ1n) is 5.01. The minimum absolute atomic E-state index is 0.0764. The molecule has 0 aliphatic rings. The minimum Gasteiger partial charge on any atom is -0.399 e. The van der Waals surface area contributed by atoms with Gasteiger partial charge in [0.25, 0.3) is 0 Å². The quantitative estimate of drug-likeness (QED) is 0.800. The lowest BCUT2D eigenvalue weighted by Crippen LogP contribution is -2.18. The Hall–Kier alpha value is -1.03. The lowest BCUT2D eigenvalue weighted by atomic mass is 10.2. The van der Waals surface area contributed by atoms with Gasteiger partial charge in [-0.15, -0.1) is 0 Å². The summed E-state index contributed by atoms with van der Waals surface area (Å²) in [5, 5.41) is -0.293. The van der Waals surface area contributed by atoms with Crippen molar-refractivity contribution in [3.63, 3.8) is 0 Å². The Kier molecular flexibility index (Phi) is 3.74. The predicted molar refractivity (Wildman–Crippen MR) is 63.2 cm³/mol. The van der Waals surface area contributed by atoms with E-state index in [1.54, 1.807) is 31.2 Å². The Morgan fingerprint density at radius 3 is 2.60 bits per heavy atom. The molecule has 0 aromatic heterocycles. The molecule has 1 atom stereocenters. The fraction of sp³-hybridized carbons (Fsp3) is 0.455. The Balaban J connectivity index is 2.87. The first kappa shape index (κ1) is 12.0. The fourth-order valence-electron chi connectivity index (χ4n) is 1.31. The first-order chi connectivity index (χ1) is 6.95. The molecular formula is C11H17NO2S. The van der Waals surface area contributed by atoms with Gasteiger partial charge in [0.15, 0.2) is 9.84 Å². The van der Waals surface area contributed by atoms with E-state index in [0.29, 0.717) is 12.1 Å². The molecule has 84 valence electrons. The van der Waals surface area contributed by atoms with E-state index in [2.05, 4.69) is 0 Å². The molecule has 0 fully saturated rings. The van der Waals surface area contributed by atoms with Crippen LogP contribution in [0.2, 0.25) is 0 Å². The molecule has 0 aliphatic carbocycles. The van der Waals surface area contributed by atoms with Crippen molar-refractivity contribution >= 4 is 15.5 Å². The molecule has 1 rings (SSSR count).